The van der Waals surface area contributed by atoms with Crippen molar-refractivity contribution in [3.05, 3.63) is 84.1 Å². The molecule has 6 nitrogen and oxygen atoms in total. The van der Waals surface area contributed by atoms with Gasteiger partial charge < -0.3 is 19.2 Å². The summed E-state index contributed by atoms with van der Waals surface area (Å²) in [7, 11) is 0. The number of halogens is 1. The van der Waals surface area contributed by atoms with Crippen LogP contribution in [0, 0.1) is 5.82 Å². The first-order chi connectivity index (χ1) is 14.2. The van der Waals surface area contributed by atoms with E-state index in [0.29, 0.717) is 29.4 Å². The second-order valence-corrected chi connectivity index (χ2v) is 6.69. The smallest absolute Gasteiger partial charge is 0.271 e. The highest BCUT2D eigenvalue weighted by atomic mass is 19.1. The second-order valence-electron chi connectivity index (χ2n) is 6.69. The highest BCUT2D eigenvalue weighted by Gasteiger charge is 2.15. The molecule has 3 heterocycles. The molecule has 7 heteroatoms. The fourth-order valence-electron chi connectivity index (χ4n) is 3.24. The molecule has 0 saturated carbocycles. The molecule has 0 unspecified atom stereocenters. The van der Waals surface area contributed by atoms with E-state index in [1.165, 1.54) is 12.1 Å². The molecule has 0 spiro atoms. The van der Waals surface area contributed by atoms with E-state index in [-0.39, 0.29) is 18.5 Å². The number of aromatic nitrogens is 2. The maximum atomic E-state index is 13.1. The number of hydrogen-bond donors (Lipinski definition) is 1. The Morgan fingerprint density at radius 2 is 1.79 bits per heavy atom. The summed E-state index contributed by atoms with van der Waals surface area (Å²) in [5, 5.41) is 2.87. The molecule has 1 N–H and O–H groups in total. The van der Waals surface area contributed by atoms with Crippen molar-refractivity contribution in [1.29, 1.82) is 0 Å². The molecule has 5 rings (SSSR count). The van der Waals surface area contributed by atoms with Gasteiger partial charge in [-0.2, -0.15) is 0 Å². The lowest BCUT2D eigenvalue weighted by Gasteiger charge is -2.04. The van der Waals surface area contributed by atoms with E-state index in [1.54, 1.807) is 22.7 Å². The van der Waals surface area contributed by atoms with E-state index in [0.717, 1.165) is 16.7 Å². The monoisotopic (exact) mass is 389 g/mol. The number of fused-ring (bicyclic) bond motifs is 2. The normalized spacial score (nSPS) is 12.3. The van der Waals surface area contributed by atoms with E-state index < -0.39 is 0 Å². The number of carbonyl (C=O) groups excluding carboxylic acids is 1. The fourth-order valence-corrected chi connectivity index (χ4v) is 3.24. The topological polar surface area (TPSA) is 64.9 Å². The summed E-state index contributed by atoms with van der Waals surface area (Å²) in [5.41, 5.74) is 3.68. The first-order valence-electron chi connectivity index (χ1n) is 9.07. The molecule has 1 aliphatic rings. The molecule has 0 radical (unpaired) electrons. The van der Waals surface area contributed by atoms with Crippen molar-refractivity contribution in [3.8, 4) is 22.6 Å². The van der Waals surface area contributed by atoms with Crippen LogP contribution in [0.1, 0.15) is 16.1 Å². The lowest BCUT2D eigenvalue weighted by atomic mass is 10.1. The van der Waals surface area contributed by atoms with Gasteiger partial charge in [-0.05, 0) is 53.1 Å². The number of benzene rings is 2. The summed E-state index contributed by atoms with van der Waals surface area (Å²) >= 11 is 0. The van der Waals surface area contributed by atoms with Crippen molar-refractivity contribution in [2.24, 2.45) is 0 Å². The number of pyridine rings is 1. The van der Waals surface area contributed by atoms with E-state index in [2.05, 4.69) is 10.3 Å². The zero-order valence-corrected chi connectivity index (χ0v) is 15.3. The third-order valence-corrected chi connectivity index (χ3v) is 4.75. The van der Waals surface area contributed by atoms with Crippen LogP contribution in [0.25, 0.3) is 16.8 Å². The van der Waals surface area contributed by atoms with Crippen molar-refractivity contribution in [3.63, 3.8) is 0 Å². The lowest BCUT2D eigenvalue weighted by Crippen LogP contribution is -2.23. The fraction of sp³-hybridized carbons (Fsp3) is 0.0909. The zero-order valence-electron chi connectivity index (χ0n) is 15.3. The highest BCUT2D eigenvalue weighted by Crippen LogP contribution is 2.32. The van der Waals surface area contributed by atoms with Crippen molar-refractivity contribution in [2.45, 2.75) is 6.54 Å². The van der Waals surface area contributed by atoms with Gasteiger partial charge in [0.2, 0.25) is 6.79 Å². The van der Waals surface area contributed by atoms with Crippen LogP contribution < -0.4 is 14.8 Å². The van der Waals surface area contributed by atoms with Gasteiger partial charge in [-0.25, -0.2) is 9.37 Å². The molecule has 0 saturated heterocycles. The Morgan fingerprint density at radius 1 is 1.00 bits per heavy atom. The van der Waals surface area contributed by atoms with E-state index in [9.17, 15) is 9.18 Å². The van der Waals surface area contributed by atoms with Crippen LogP contribution in [0.3, 0.4) is 0 Å². The SMILES string of the molecule is O=C(NCc1ccc2c(c1)OCO2)c1cn2cc(-c3ccc(F)cc3)ccc2n1. The first-order valence-corrected chi connectivity index (χ1v) is 9.07. The van der Waals surface area contributed by atoms with Gasteiger partial charge in [0.1, 0.15) is 17.2 Å². The summed E-state index contributed by atoms with van der Waals surface area (Å²) in [6, 6.07) is 15.5. The molecule has 144 valence electrons. The molecule has 0 aliphatic carbocycles. The number of nitrogens with zero attached hydrogens (tertiary/aromatic N) is 2. The minimum atomic E-state index is -0.279. The summed E-state index contributed by atoms with van der Waals surface area (Å²) < 4.78 is 25.6. The Hall–Kier alpha value is -3.87. The molecule has 2 aromatic carbocycles. The maximum Gasteiger partial charge on any atom is 0.271 e. The van der Waals surface area contributed by atoms with Gasteiger partial charge in [0.25, 0.3) is 5.91 Å². The quantitative estimate of drug-likeness (QED) is 0.577. The van der Waals surface area contributed by atoms with Gasteiger partial charge in [0, 0.05) is 18.9 Å². The number of ether oxygens (including phenoxy) is 2. The van der Waals surface area contributed by atoms with Gasteiger partial charge in [-0.15, -0.1) is 0 Å². The molecular weight excluding hydrogens is 373 g/mol. The van der Waals surface area contributed by atoms with Crippen LogP contribution in [-0.2, 0) is 6.54 Å². The minimum Gasteiger partial charge on any atom is -0.454 e. The van der Waals surface area contributed by atoms with E-state index >= 15 is 0 Å². The largest absolute Gasteiger partial charge is 0.454 e. The van der Waals surface area contributed by atoms with Crippen molar-refractivity contribution in [1.82, 2.24) is 14.7 Å². The van der Waals surface area contributed by atoms with Gasteiger partial charge >= 0.3 is 0 Å². The average Bonchev–Trinajstić information content (AvgIpc) is 3.38. The number of amides is 1. The van der Waals surface area contributed by atoms with E-state index in [4.69, 9.17) is 9.47 Å². The van der Waals surface area contributed by atoms with Gasteiger partial charge in [-0.1, -0.05) is 18.2 Å². The summed E-state index contributed by atoms with van der Waals surface area (Å²) in [5.74, 6) is 0.837. The molecule has 1 aliphatic heterocycles. The highest BCUT2D eigenvalue weighted by molar-refractivity contribution is 5.92. The molecule has 0 fully saturated rings. The van der Waals surface area contributed by atoms with Crippen molar-refractivity contribution in [2.75, 3.05) is 6.79 Å². The lowest BCUT2D eigenvalue weighted by molar-refractivity contribution is 0.0946. The maximum absolute atomic E-state index is 13.1. The Balaban J connectivity index is 1.33. The number of carbonyl (C=O) groups is 1. The van der Waals surface area contributed by atoms with Crippen LogP contribution in [0.15, 0.2) is 67.0 Å². The van der Waals surface area contributed by atoms with E-state index in [1.807, 2.05) is 36.5 Å². The molecular formula is C22H16FN3O3. The van der Waals surface area contributed by atoms with Crippen molar-refractivity contribution >= 4 is 11.6 Å². The van der Waals surface area contributed by atoms with Gasteiger partial charge in [0.15, 0.2) is 11.5 Å². The predicted octanol–water partition coefficient (Wildman–Crippen LogP) is 3.80. The average molecular weight is 389 g/mol. The van der Waals surface area contributed by atoms with Crippen LogP contribution in [0.2, 0.25) is 0 Å². The predicted molar refractivity (Wildman–Crippen MR) is 104 cm³/mol. The van der Waals surface area contributed by atoms with Gasteiger partial charge in [-0.3, -0.25) is 4.79 Å². The van der Waals surface area contributed by atoms with Crippen LogP contribution in [-0.4, -0.2) is 22.1 Å². The molecule has 0 atom stereocenters. The standard InChI is InChI=1S/C22H16FN3O3/c23-17-5-2-15(3-6-17)16-4-8-21-25-18(12-26(21)11-16)22(27)24-10-14-1-7-19-20(9-14)29-13-28-19/h1-9,11-12H,10,13H2,(H,24,27). The Bertz CT molecular complexity index is 1220. The third-order valence-electron chi connectivity index (χ3n) is 4.75. The molecule has 29 heavy (non-hydrogen) atoms. The first kappa shape index (κ1) is 17.2. The number of hydrogen-bond acceptors (Lipinski definition) is 4. The number of nitrogens with one attached hydrogen (secondary N) is 1. The molecule has 0 bridgehead atoms. The molecule has 4 aromatic rings. The van der Waals surface area contributed by atoms with Crippen molar-refractivity contribution < 1.29 is 18.7 Å². The second kappa shape index (κ2) is 6.94. The van der Waals surface area contributed by atoms with Gasteiger partial charge in [0.05, 0.1) is 0 Å². The summed E-state index contributed by atoms with van der Waals surface area (Å²) in [6.07, 6.45) is 3.54. The Morgan fingerprint density at radius 3 is 2.66 bits per heavy atom. The third kappa shape index (κ3) is 3.38. The number of imidazole rings is 1. The number of rotatable bonds is 4. The summed E-state index contributed by atoms with van der Waals surface area (Å²) in [6.45, 7) is 0.566. The minimum absolute atomic E-state index is 0.215. The van der Waals surface area contributed by atoms with Crippen LogP contribution in [0.5, 0.6) is 11.5 Å². The van der Waals surface area contributed by atoms with Crippen LogP contribution >= 0.6 is 0 Å². The van der Waals surface area contributed by atoms with Crippen LogP contribution in [0.4, 0.5) is 4.39 Å². The summed E-state index contributed by atoms with van der Waals surface area (Å²) in [4.78, 5) is 16.9. The molecule has 2 aromatic heterocycles. The zero-order chi connectivity index (χ0) is 19.8. The Labute approximate surface area is 165 Å². The molecule has 1 amide bonds. The Kier molecular flexibility index (Phi) is 4.13.